The number of carbonyl (C=O) groups is 2. The van der Waals surface area contributed by atoms with Crippen molar-refractivity contribution in [2.24, 2.45) is 0 Å². The van der Waals surface area contributed by atoms with Gasteiger partial charge in [0, 0.05) is 19.0 Å². The van der Waals surface area contributed by atoms with Crippen LogP contribution in [0.3, 0.4) is 0 Å². The van der Waals surface area contributed by atoms with Crippen molar-refractivity contribution >= 4 is 22.6 Å². The van der Waals surface area contributed by atoms with Crippen molar-refractivity contribution in [3.05, 3.63) is 64.5 Å². The maximum Gasteiger partial charge on any atom is 0.359 e. The Labute approximate surface area is 174 Å². The Morgan fingerprint density at radius 3 is 2.60 bits per heavy atom. The van der Waals surface area contributed by atoms with E-state index in [0.29, 0.717) is 23.1 Å². The lowest BCUT2D eigenvalue weighted by Gasteiger charge is -2.16. The molecule has 0 radical (unpaired) electrons. The monoisotopic (exact) mass is 411 g/mol. The van der Waals surface area contributed by atoms with Gasteiger partial charge in [-0.1, -0.05) is 38.0 Å². The molecular formula is C22H25N3O5. The highest BCUT2D eigenvalue weighted by atomic mass is 16.5. The van der Waals surface area contributed by atoms with Crippen molar-refractivity contribution in [3.63, 3.8) is 0 Å². The molecule has 8 heteroatoms. The van der Waals surface area contributed by atoms with E-state index >= 15 is 0 Å². The second kappa shape index (κ2) is 9.87. The number of nitrogens with zero attached hydrogens (tertiary/aromatic N) is 3. The van der Waals surface area contributed by atoms with Gasteiger partial charge in [0.05, 0.1) is 18.2 Å². The molecule has 0 aliphatic rings. The van der Waals surface area contributed by atoms with Gasteiger partial charge in [0.2, 0.25) is 0 Å². The van der Waals surface area contributed by atoms with Crippen LogP contribution in [0.2, 0.25) is 0 Å². The van der Waals surface area contributed by atoms with Crippen LogP contribution in [0.15, 0.2) is 51.9 Å². The molecule has 0 aliphatic heterocycles. The van der Waals surface area contributed by atoms with Gasteiger partial charge in [-0.2, -0.15) is 5.10 Å². The van der Waals surface area contributed by atoms with Crippen molar-refractivity contribution in [1.82, 2.24) is 14.7 Å². The molecule has 2 aromatic heterocycles. The Bertz CT molecular complexity index is 1070. The Hall–Kier alpha value is -3.42. The molecule has 158 valence electrons. The van der Waals surface area contributed by atoms with E-state index in [0.717, 1.165) is 19.3 Å². The first-order valence-corrected chi connectivity index (χ1v) is 9.94. The third-order valence-corrected chi connectivity index (χ3v) is 4.76. The van der Waals surface area contributed by atoms with Crippen LogP contribution in [-0.4, -0.2) is 40.2 Å². The maximum absolute atomic E-state index is 12.7. The number of esters is 1. The summed E-state index contributed by atoms with van der Waals surface area (Å²) in [5.74, 6) is -0.487. The van der Waals surface area contributed by atoms with Crippen molar-refractivity contribution in [1.29, 1.82) is 0 Å². The molecule has 1 aromatic carbocycles. The number of carbonyl (C=O) groups excluding carboxylic acids is 2. The van der Waals surface area contributed by atoms with Gasteiger partial charge in [0.25, 0.3) is 11.5 Å². The number of unbranched alkanes of at least 4 members (excludes halogenated alkanes) is 2. The summed E-state index contributed by atoms with van der Waals surface area (Å²) in [6.45, 7) is 2.33. The minimum absolute atomic E-state index is 0.0307. The Balaban J connectivity index is 1.75. The van der Waals surface area contributed by atoms with E-state index in [1.54, 1.807) is 43.4 Å². The minimum Gasteiger partial charge on any atom is -0.467 e. The van der Waals surface area contributed by atoms with E-state index in [1.165, 1.54) is 15.8 Å². The number of fused-ring (bicyclic) bond motifs is 1. The summed E-state index contributed by atoms with van der Waals surface area (Å²) in [6.07, 6.45) is 4.27. The molecule has 0 unspecified atom stereocenters. The van der Waals surface area contributed by atoms with Gasteiger partial charge in [0.1, 0.15) is 5.76 Å². The van der Waals surface area contributed by atoms with E-state index in [1.807, 2.05) is 0 Å². The number of aryl methyl sites for hydroxylation is 1. The molecule has 0 aliphatic carbocycles. The van der Waals surface area contributed by atoms with Crippen molar-refractivity contribution in [2.45, 2.75) is 39.3 Å². The highest BCUT2D eigenvalue weighted by Crippen LogP contribution is 2.15. The molecule has 0 atom stereocenters. The molecule has 0 saturated heterocycles. The topological polar surface area (TPSA) is 94.6 Å². The number of hydrogen-bond donors (Lipinski definition) is 0. The zero-order valence-electron chi connectivity index (χ0n) is 17.2. The largest absolute Gasteiger partial charge is 0.467 e. The van der Waals surface area contributed by atoms with E-state index in [9.17, 15) is 14.4 Å². The number of benzene rings is 1. The molecule has 0 saturated carbocycles. The molecule has 30 heavy (non-hydrogen) atoms. The first-order valence-electron chi connectivity index (χ1n) is 9.94. The van der Waals surface area contributed by atoms with Crippen LogP contribution < -0.4 is 5.56 Å². The second-order valence-electron chi connectivity index (χ2n) is 7.03. The SMILES string of the molecule is CCCCCn1nc(C(=O)OCC(=O)N(C)Cc2ccco2)c2ccccc2c1=O. The van der Waals surface area contributed by atoms with Crippen LogP contribution in [0.25, 0.3) is 10.8 Å². The number of furan rings is 1. The van der Waals surface area contributed by atoms with Crippen LogP contribution in [-0.2, 0) is 22.6 Å². The lowest BCUT2D eigenvalue weighted by Crippen LogP contribution is -2.31. The third kappa shape index (κ3) is 4.94. The average molecular weight is 411 g/mol. The molecule has 0 fully saturated rings. The average Bonchev–Trinajstić information content (AvgIpc) is 3.26. The van der Waals surface area contributed by atoms with E-state index in [-0.39, 0.29) is 23.7 Å². The number of hydrogen-bond acceptors (Lipinski definition) is 6. The van der Waals surface area contributed by atoms with Crippen LogP contribution in [0.1, 0.15) is 42.4 Å². The summed E-state index contributed by atoms with van der Waals surface area (Å²) < 4.78 is 11.7. The van der Waals surface area contributed by atoms with Crippen molar-refractivity contribution in [3.8, 4) is 0 Å². The van der Waals surface area contributed by atoms with Gasteiger partial charge in [-0.25, -0.2) is 9.48 Å². The number of likely N-dealkylation sites (N-methyl/N-ethyl adjacent to an activating group) is 1. The fourth-order valence-electron chi connectivity index (χ4n) is 3.08. The molecule has 0 N–H and O–H groups in total. The standard InChI is InChI=1S/C22H25N3O5/c1-3-4-7-12-25-21(27)18-11-6-5-10-17(18)20(23-25)22(28)30-15-19(26)24(2)14-16-9-8-13-29-16/h5-6,8-11,13H,3-4,7,12,14-15H2,1-2H3. The number of amides is 1. The van der Waals surface area contributed by atoms with Crippen LogP contribution in [0.4, 0.5) is 0 Å². The summed E-state index contributed by atoms with van der Waals surface area (Å²) in [5, 5.41) is 5.06. The van der Waals surface area contributed by atoms with Gasteiger partial charge in [-0.15, -0.1) is 0 Å². The number of ether oxygens (including phenoxy) is 1. The van der Waals surface area contributed by atoms with Crippen molar-refractivity contribution in [2.75, 3.05) is 13.7 Å². The minimum atomic E-state index is -0.741. The zero-order valence-corrected chi connectivity index (χ0v) is 17.2. The molecule has 0 spiro atoms. The lowest BCUT2D eigenvalue weighted by atomic mass is 10.1. The number of aromatic nitrogens is 2. The highest BCUT2D eigenvalue weighted by Gasteiger charge is 2.20. The summed E-state index contributed by atoms with van der Waals surface area (Å²) in [7, 11) is 1.60. The molecular weight excluding hydrogens is 386 g/mol. The summed E-state index contributed by atoms with van der Waals surface area (Å²) in [5.41, 5.74) is -0.212. The molecule has 8 nitrogen and oxygen atoms in total. The summed E-state index contributed by atoms with van der Waals surface area (Å²) in [4.78, 5) is 39.1. The molecule has 2 heterocycles. The predicted octanol–water partition coefficient (Wildman–Crippen LogP) is 3.00. The number of rotatable bonds is 9. The Morgan fingerprint density at radius 1 is 1.13 bits per heavy atom. The molecule has 3 rings (SSSR count). The highest BCUT2D eigenvalue weighted by molar-refractivity contribution is 6.02. The Morgan fingerprint density at radius 2 is 1.90 bits per heavy atom. The predicted molar refractivity (Wildman–Crippen MR) is 111 cm³/mol. The Kier molecular flexibility index (Phi) is 7.00. The summed E-state index contributed by atoms with van der Waals surface area (Å²) in [6, 6.07) is 10.3. The second-order valence-corrected chi connectivity index (χ2v) is 7.03. The van der Waals surface area contributed by atoms with Crippen LogP contribution in [0, 0.1) is 0 Å². The normalized spacial score (nSPS) is 10.9. The molecule has 3 aromatic rings. The molecule has 1 amide bonds. The first kappa shape index (κ1) is 21.3. The van der Waals surface area contributed by atoms with Gasteiger partial charge in [-0.3, -0.25) is 9.59 Å². The zero-order chi connectivity index (χ0) is 21.5. The fourth-order valence-corrected chi connectivity index (χ4v) is 3.08. The first-order chi connectivity index (χ1) is 14.5. The van der Waals surface area contributed by atoms with Gasteiger partial charge >= 0.3 is 5.97 Å². The van der Waals surface area contributed by atoms with E-state index in [4.69, 9.17) is 9.15 Å². The summed E-state index contributed by atoms with van der Waals surface area (Å²) >= 11 is 0. The smallest absolute Gasteiger partial charge is 0.359 e. The van der Waals surface area contributed by atoms with Gasteiger partial charge < -0.3 is 14.1 Å². The van der Waals surface area contributed by atoms with Crippen molar-refractivity contribution < 1.29 is 18.7 Å². The quantitative estimate of drug-likeness (QED) is 0.397. The maximum atomic E-state index is 12.7. The van der Waals surface area contributed by atoms with E-state index < -0.39 is 12.6 Å². The van der Waals surface area contributed by atoms with Gasteiger partial charge in [-0.05, 0) is 24.6 Å². The van der Waals surface area contributed by atoms with Crippen LogP contribution >= 0.6 is 0 Å². The van der Waals surface area contributed by atoms with Crippen LogP contribution in [0.5, 0.6) is 0 Å². The third-order valence-electron chi connectivity index (χ3n) is 4.76. The fraction of sp³-hybridized carbons (Fsp3) is 0.364. The lowest BCUT2D eigenvalue weighted by molar-refractivity contribution is -0.134. The molecule has 0 bridgehead atoms. The van der Waals surface area contributed by atoms with Gasteiger partial charge in [0.15, 0.2) is 12.3 Å². The van der Waals surface area contributed by atoms with E-state index in [2.05, 4.69) is 12.0 Å².